The van der Waals surface area contributed by atoms with Crippen molar-refractivity contribution in [3.05, 3.63) is 60.0 Å². The molecule has 146 valence electrons. The van der Waals surface area contributed by atoms with E-state index in [1.807, 2.05) is 48.5 Å². The highest BCUT2D eigenvalue weighted by molar-refractivity contribution is 5.76. The van der Waals surface area contributed by atoms with Gasteiger partial charge in [-0.1, -0.05) is 24.3 Å². The molecule has 3 aromatic rings. The zero-order chi connectivity index (χ0) is 19.3. The summed E-state index contributed by atoms with van der Waals surface area (Å²) in [5.41, 5.74) is 8.21. The molecule has 6 nitrogen and oxygen atoms in total. The number of carbonyl (C=O) groups excluding carboxylic acids is 1. The topological polar surface area (TPSA) is 81.6 Å². The van der Waals surface area contributed by atoms with Crippen LogP contribution in [0.25, 0.3) is 11.1 Å². The fraction of sp³-hybridized carbons (Fsp3) is 0.364. The number of hydrogen-bond donors (Lipinski definition) is 1. The molecule has 0 radical (unpaired) electrons. The Hall–Kier alpha value is -2.86. The van der Waals surface area contributed by atoms with Crippen LogP contribution in [-0.2, 0) is 11.2 Å². The lowest BCUT2D eigenvalue weighted by Gasteiger charge is -2.30. The molecule has 1 aliphatic heterocycles. The first-order valence-corrected chi connectivity index (χ1v) is 9.75. The molecule has 2 heterocycles. The SMILES string of the molecule is NC(=O)C1CCN(CCOc2ccc(Cc3nc4ccccc4o3)cc2)CC1. The Morgan fingerprint density at radius 3 is 2.61 bits per heavy atom. The fourth-order valence-corrected chi connectivity index (χ4v) is 3.61. The first-order chi connectivity index (χ1) is 13.7. The van der Waals surface area contributed by atoms with E-state index < -0.39 is 0 Å². The summed E-state index contributed by atoms with van der Waals surface area (Å²) < 4.78 is 11.6. The van der Waals surface area contributed by atoms with E-state index in [4.69, 9.17) is 14.9 Å². The highest BCUT2D eigenvalue weighted by Gasteiger charge is 2.22. The second-order valence-corrected chi connectivity index (χ2v) is 7.26. The Labute approximate surface area is 164 Å². The van der Waals surface area contributed by atoms with Crippen LogP contribution in [0.1, 0.15) is 24.3 Å². The molecule has 0 atom stereocenters. The lowest BCUT2D eigenvalue weighted by atomic mass is 9.96. The molecule has 2 aromatic carbocycles. The van der Waals surface area contributed by atoms with Gasteiger partial charge in [0.2, 0.25) is 5.91 Å². The Balaban J connectivity index is 1.24. The van der Waals surface area contributed by atoms with Gasteiger partial charge in [-0.2, -0.15) is 0 Å². The average molecular weight is 379 g/mol. The minimum absolute atomic E-state index is 0.0333. The lowest BCUT2D eigenvalue weighted by molar-refractivity contribution is -0.123. The largest absolute Gasteiger partial charge is 0.492 e. The van der Waals surface area contributed by atoms with E-state index in [0.29, 0.717) is 18.9 Å². The highest BCUT2D eigenvalue weighted by Crippen LogP contribution is 2.20. The third kappa shape index (κ3) is 4.51. The van der Waals surface area contributed by atoms with Gasteiger partial charge < -0.3 is 14.9 Å². The van der Waals surface area contributed by atoms with Crippen molar-refractivity contribution in [1.29, 1.82) is 0 Å². The lowest BCUT2D eigenvalue weighted by Crippen LogP contribution is -2.40. The van der Waals surface area contributed by atoms with Crippen LogP contribution >= 0.6 is 0 Å². The van der Waals surface area contributed by atoms with Gasteiger partial charge in [-0.3, -0.25) is 9.69 Å². The third-order valence-electron chi connectivity index (χ3n) is 5.28. The van der Waals surface area contributed by atoms with Crippen LogP contribution in [-0.4, -0.2) is 42.0 Å². The predicted molar refractivity (Wildman–Crippen MR) is 107 cm³/mol. The van der Waals surface area contributed by atoms with Crippen LogP contribution in [0.3, 0.4) is 0 Å². The summed E-state index contributed by atoms with van der Waals surface area (Å²) in [6.07, 6.45) is 2.35. The maximum absolute atomic E-state index is 11.2. The van der Waals surface area contributed by atoms with Crippen LogP contribution in [0.15, 0.2) is 52.9 Å². The molecule has 0 saturated carbocycles. The first-order valence-electron chi connectivity index (χ1n) is 9.75. The number of oxazole rings is 1. The summed E-state index contributed by atoms with van der Waals surface area (Å²) in [4.78, 5) is 18.1. The number of fused-ring (bicyclic) bond motifs is 1. The number of hydrogen-bond acceptors (Lipinski definition) is 5. The molecule has 1 aliphatic rings. The monoisotopic (exact) mass is 379 g/mol. The van der Waals surface area contributed by atoms with Crippen molar-refractivity contribution >= 4 is 17.0 Å². The highest BCUT2D eigenvalue weighted by atomic mass is 16.5. The number of nitrogens with two attached hydrogens (primary N) is 1. The van der Waals surface area contributed by atoms with Crippen molar-refractivity contribution in [3.8, 4) is 5.75 Å². The molecule has 0 unspecified atom stereocenters. The van der Waals surface area contributed by atoms with E-state index in [0.717, 1.165) is 54.9 Å². The van der Waals surface area contributed by atoms with Gasteiger partial charge in [-0.15, -0.1) is 0 Å². The van der Waals surface area contributed by atoms with Crippen molar-refractivity contribution in [2.24, 2.45) is 11.7 Å². The van der Waals surface area contributed by atoms with Crippen LogP contribution in [0.5, 0.6) is 5.75 Å². The number of aromatic nitrogens is 1. The molecule has 1 amide bonds. The van der Waals surface area contributed by atoms with Crippen molar-refractivity contribution < 1.29 is 13.9 Å². The molecule has 28 heavy (non-hydrogen) atoms. The molecular formula is C22H25N3O3. The number of primary amides is 1. The van der Waals surface area contributed by atoms with Gasteiger partial charge in [-0.05, 0) is 55.8 Å². The minimum Gasteiger partial charge on any atom is -0.492 e. The van der Waals surface area contributed by atoms with E-state index >= 15 is 0 Å². The normalized spacial score (nSPS) is 15.7. The zero-order valence-electron chi connectivity index (χ0n) is 15.8. The summed E-state index contributed by atoms with van der Waals surface area (Å²) in [5, 5.41) is 0. The van der Waals surface area contributed by atoms with E-state index in [1.165, 1.54) is 0 Å². The number of para-hydroxylation sites is 2. The predicted octanol–water partition coefficient (Wildman–Crippen LogP) is 2.99. The standard InChI is InChI=1S/C22H25N3O3/c23-22(26)17-9-11-25(12-10-17)13-14-27-18-7-5-16(6-8-18)15-21-24-19-3-1-2-4-20(19)28-21/h1-8,17H,9-15H2,(H2,23,26). The van der Waals surface area contributed by atoms with E-state index in [9.17, 15) is 4.79 Å². The van der Waals surface area contributed by atoms with Crippen molar-refractivity contribution in [2.45, 2.75) is 19.3 Å². The summed E-state index contributed by atoms with van der Waals surface area (Å²) in [6.45, 7) is 3.29. The van der Waals surface area contributed by atoms with E-state index in [2.05, 4.69) is 9.88 Å². The fourth-order valence-electron chi connectivity index (χ4n) is 3.61. The number of amides is 1. The van der Waals surface area contributed by atoms with Crippen LogP contribution in [0.4, 0.5) is 0 Å². The number of carbonyl (C=O) groups is 1. The van der Waals surface area contributed by atoms with Gasteiger partial charge in [0.1, 0.15) is 17.9 Å². The molecule has 1 saturated heterocycles. The van der Waals surface area contributed by atoms with Crippen molar-refractivity contribution in [2.75, 3.05) is 26.2 Å². The zero-order valence-corrected chi connectivity index (χ0v) is 15.8. The maximum Gasteiger partial charge on any atom is 0.220 e. The molecule has 6 heteroatoms. The molecule has 2 N–H and O–H groups in total. The Morgan fingerprint density at radius 2 is 1.89 bits per heavy atom. The summed E-state index contributed by atoms with van der Waals surface area (Å²) in [5.74, 6) is 1.43. The summed E-state index contributed by atoms with van der Waals surface area (Å²) >= 11 is 0. The number of piperidine rings is 1. The number of rotatable bonds is 7. The van der Waals surface area contributed by atoms with Gasteiger partial charge in [0.05, 0.1) is 0 Å². The van der Waals surface area contributed by atoms with Gasteiger partial charge in [0.25, 0.3) is 0 Å². The smallest absolute Gasteiger partial charge is 0.220 e. The quantitative estimate of drug-likeness (QED) is 0.682. The van der Waals surface area contributed by atoms with Crippen LogP contribution < -0.4 is 10.5 Å². The number of nitrogens with zero attached hydrogens (tertiary/aromatic N) is 2. The molecule has 1 fully saturated rings. The molecule has 0 spiro atoms. The average Bonchev–Trinajstić information content (AvgIpc) is 3.12. The third-order valence-corrected chi connectivity index (χ3v) is 5.28. The number of likely N-dealkylation sites (tertiary alicyclic amines) is 1. The van der Waals surface area contributed by atoms with Gasteiger partial charge >= 0.3 is 0 Å². The van der Waals surface area contributed by atoms with Crippen LogP contribution in [0, 0.1) is 5.92 Å². The summed E-state index contributed by atoms with van der Waals surface area (Å²) in [6, 6.07) is 15.8. The molecule has 0 bridgehead atoms. The number of benzene rings is 2. The van der Waals surface area contributed by atoms with Gasteiger partial charge in [0.15, 0.2) is 11.5 Å². The van der Waals surface area contributed by atoms with Gasteiger partial charge in [0, 0.05) is 18.9 Å². The van der Waals surface area contributed by atoms with E-state index in [-0.39, 0.29) is 11.8 Å². The van der Waals surface area contributed by atoms with E-state index in [1.54, 1.807) is 0 Å². The second-order valence-electron chi connectivity index (χ2n) is 7.26. The summed E-state index contributed by atoms with van der Waals surface area (Å²) in [7, 11) is 0. The number of ether oxygens (including phenoxy) is 1. The molecular weight excluding hydrogens is 354 g/mol. The maximum atomic E-state index is 11.2. The molecule has 0 aliphatic carbocycles. The Morgan fingerprint density at radius 1 is 1.14 bits per heavy atom. The molecule has 4 rings (SSSR count). The van der Waals surface area contributed by atoms with Gasteiger partial charge in [-0.25, -0.2) is 4.98 Å². The second kappa shape index (κ2) is 8.44. The molecule has 1 aromatic heterocycles. The first kappa shape index (κ1) is 18.5. The van der Waals surface area contributed by atoms with Crippen LogP contribution in [0.2, 0.25) is 0 Å². The Bertz CT molecular complexity index is 895. The minimum atomic E-state index is -0.172. The Kier molecular flexibility index (Phi) is 5.58. The van der Waals surface area contributed by atoms with Crippen molar-refractivity contribution in [1.82, 2.24) is 9.88 Å². The van der Waals surface area contributed by atoms with Crippen molar-refractivity contribution in [3.63, 3.8) is 0 Å².